The second-order valence-corrected chi connectivity index (χ2v) is 27.2. The highest BCUT2D eigenvalue weighted by molar-refractivity contribution is 8.77. The molecule has 0 radical (unpaired) electrons. The fraction of sp³-hybridized carbons (Fsp3) is 0.387. The minimum atomic E-state index is -4.22. The monoisotopic (exact) mass is 1180 g/mol. The van der Waals surface area contributed by atoms with E-state index >= 15 is 0 Å². The van der Waals surface area contributed by atoms with Crippen LogP contribution in [0.2, 0.25) is 0 Å². The molecule has 0 bridgehead atoms. The van der Waals surface area contributed by atoms with Crippen LogP contribution in [0.5, 0.6) is 17.2 Å². The van der Waals surface area contributed by atoms with Crippen molar-refractivity contribution in [1.82, 2.24) is 4.90 Å². The first-order chi connectivity index (χ1) is 39.7. The largest absolute Gasteiger partial charge is 0.493 e. The summed E-state index contributed by atoms with van der Waals surface area (Å²) in [5, 5.41) is 1.69. The van der Waals surface area contributed by atoms with Gasteiger partial charge in [0.1, 0.15) is 24.2 Å². The molecule has 5 aromatic carbocycles. The Balaban J connectivity index is 0.828. The van der Waals surface area contributed by atoms with Crippen molar-refractivity contribution in [3.63, 3.8) is 0 Å². The van der Waals surface area contributed by atoms with Crippen LogP contribution in [0.4, 0.5) is 28.4 Å². The summed E-state index contributed by atoms with van der Waals surface area (Å²) in [7, 11) is 5.19. The average Bonchev–Trinajstić information content (AvgIpc) is 4.12. The van der Waals surface area contributed by atoms with Crippen LogP contribution in [-0.4, -0.2) is 124 Å². The van der Waals surface area contributed by atoms with Gasteiger partial charge in [-0.25, -0.2) is 0 Å². The number of imide groups is 1. The van der Waals surface area contributed by atoms with Gasteiger partial charge in [0.05, 0.1) is 48.8 Å². The molecule has 5 amide bonds. The van der Waals surface area contributed by atoms with Gasteiger partial charge in [-0.15, -0.1) is 0 Å². The highest BCUT2D eigenvalue weighted by Crippen LogP contribution is 2.44. The molecule has 3 atom stereocenters. The fourth-order valence-electron chi connectivity index (χ4n) is 11.6. The molecule has 5 aliphatic rings. The van der Waals surface area contributed by atoms with Crippen LogP contribution >= 0.6 is 21.6 Å². The molecule has 1 unspecified atom stereocenters. The van der Waals surface area contributed by atoms with Gasteiger partial charge in [0.25, 0.3) is 33.7 Å². The Morgan fingerprint density at radius 3 is 1.84 bits per heavy atom. The Kier molecular flexibility index (Phi) is 17.4. The zero-order chi connectivity index (χ0) is 58.9. The van der Waals surface area contributed by atoms with E-state index in [0.717, 1.165) is 87.6 Å². The number of rotatable bonds is 23. The molecule has 5 aromatic rings. The first-order valence-corrected chi connectivity index (χ1v) is 31.5. The minimum absolute atomic E-state index is 0.00265. The number of nitrogens with one attached hydrogen (secondary N) is 1. The van der Waals surface area contributed by atoms with Gasteiger partial charge in [-0.3, -0.25) is 37.9 Å². The molecule has 18 nitrogen and oxygen atoms in total. The maximum atomic E-state index is 14.3. The Morgan fingerprint density at radius 2 is 1.27 bits per heavy atom. The van der Waals surface area contributed by atoms with Crippen LogP contribution < -0.4 is 39.1 Å². The van der Waals surface area contributed by atoms with Crippen molar-refractivity contribution in [1.29, 1.82) is 0 Å². The number of anilines is 5. The Hall–Kier alpha value is -7.33. The molecule has 10 rings (SSSR count). The van der Waals surface area contributed by atoms with Gasteiger partial charge in [0.15, 0.2) is 17.3 Å². The van der Waals surface area contributed by atoms with Gasteiger partial charge in [-0.2, -0.15) is 8.42 Å². The number of para-hydroxylation sites is 2. The number of benzene rings is 5. The molecule has 1 N–H and O–H groups in total. The topological polar surface area (TPSA) is 202 Å². The number of ether oxygens (including phenoxy) is 3. The van der Waals surface area contributed by atoms with E-state index in [1.165, 1.54) is 21.6 Å². The van der Waals surface area contributed by atoms with Crippen LogP contribution in [0, 0.1) is 6.92 Å². The number of likely N-dealkylation sites (N-methyl/N-ethyl adjacent to an activating group) is 2. The van der Waals surface area contributed by atoms with E-state index in [1.807, 2.05) is 117 Å². The number of ketones is 1. The van der Waals surface area contributed by atoms with E-state index in [2.05, 4.69) is 27.2 Å². The number of carbonyl (C=O) groups is 6. The highest BCUT2D eigenvalue weighted by Gasteiger charge is 2.41. The second-order valence-electron chi connectivity index (χ2n) is 22.2. The summed E-state index contributed by atoms with van der Waals surface area (Å²) in [6.45, 7) is 7.34. The van der Waals surface area contributed by atoms with Crippen LogP contribution in [0.1, 0.15) is 94.5 Å². The third-order valence-corrected chi connectivity index (χ3v) is 20.9. The lowest BCUT2D eigenvalue weighted by atomic mass is 10.1. The number of amides is 5. The number of methoxy groups -OCH3 is 1. The molecule has 21 heteroatoms. The minimum Gasteiger partial charge on any atom is -0.493 e. The highest BCUT2D eigenvalue weighted by atomic mass is 33.1. The summed E-state index contributed by atoms with van der Waals surface area (Å²) in [6, 6.07) is 29.1. The standard InChI is InChI=1S/C62H68N6O12S3/c1-38-25-46-50(64(4)34-44-29-41-13-8-10-15-48(41)67(44)60(46)73)32-53(38)79-36-39-26-40(37-80-55-33-51-47(31-54(55)77-6)61(74)68-45(35-65(51)5)30-42-14-9-11-16-49(42)68)28-43(27-39)63-57(70)20-22-62(2,3)82-81-24-21-56(83(75,76)78-7)52(69)17-12-23-66-58(71)18-19-59(66)72/h8-11,13-16,18-19,25-28,31-33,44-45,56H,12,17,20-24,29-30,34-37H2,1-7H3,(H,63,70)/t44-,45-,56?/m0/s1. The van der Waals surface area contributed by atoms with Gasteiger partial charge in [-0.05, 0) is 123 Å². The quantitative estimate of drug-likeness (QED) is 0.0281. The normalized spacial score (nSPS) is 17.6. The van der Waals surface area contributed by atoms with E-state index in [4.69, 9.17) is 18.4 Å². The average molecular weight is 1190 g/mol. The lowest BCUT2D eigenvalue weighted by Gasteiger charge is -2.25. The molecule has 0 fully saturated rings. The van der Waals surface area contributed by atoms with Gasteiger partial charge >= 0.3 is 0 Å². The Labute approximate surface area is 492 Å². The first-order valence-electron chi connectivity index (χ1n) is 27.7. The number of carbonyl (C=O) groups excluding carboxylic acids is 6. The van der Waals surface area contributed by atoms with Crippen molar-refractivity contribution in [2.24, 2.45) is 0 Å². The number of Topliss-reactive ketones (excluding diaryl/α,β-unsaturated/α-hetero) is 1. The number of aryl methyl sites for hydroxylation is 1. The summed E-state index contributed by atoms with van der Waals surface area (Å²) < 4.78 is 49.1. The molecular formula is C62H68N6O12S3. The second kappa shape index (κ2) is 24.5. The first kappa shape index (κ1) is 58.9. The number of nitrogens with zero attached hydrogens (tertiary/aromatic N) is 5. The van der Waals surface area contributed by atoms with E-state index < -0.39 is 37.7 Å². The summed E-state index contributed by atoms with van der Waals surface area (Å²) in [6.07, 6.45) is 4.39. The molecule has 0 aromatic heterocycles. The summed E-state index contributed by atoms with van der Waals surface area (Å²) >= 11 is 0. The third kappa shape index (κ3) is 12.6. The summed E-state index contributed by atoms with van der Waals surface area (Å²) in [4.78, 5) is 88.6. The SMILES string of the molecule is COc1cc2c(cc1OCc1cc(COc3cc4c(cc3C)C(=O)N3c5ccccc5C[C@H]3CN4C)cc(NC(=O)CCC(C)(C)SSCCC(C(=O)CCCN3C(=O)C=CC3=O)S(=O)(=O)OC)c1)N(C)C[C@@H]1Cc3ccccc3N1C2=O. The van der Waals surface area contributed by atoms with E-state index in [9.17, 15) is 37.2 Å². The van der Waals surface area contributed by atoms with Crippen molar-refractivity contribution in [2.45, 2.75) is 101 Å². The third-order valence-electron chi connectivity index (χ3n) is 15.9. The van der Waals surface area contributed by atoms with Crippen molar-refractivity contribution >= 4 is 95.5 Å². The predicted molar refractivity (Wildman–Crippen MR) is 324 cm³/mol. The smallest absolute Gasteiger partial charge is 0.277 e. The summed E-state index contributed by atoms with van der Waals surface area (Å²) in [5.41, 5.74) is 9.54. The van der Waals surface area contributed by atoms with Gasteiger partial charge in [0.2, 0.25) is 5.91 Å². The van der Waals surface area contributed by atoms with E-state index in [-0.39, 0.29) is 75.2 Å². The number of hydrogen-bond donors (Lipinski definition) is 1. The van der Waals surface area contributed by atoms with E-state index in [0.29, 0.717) is 59.3 Å². The zero-order valence-corrected chi connectivity index (χ0v) is 50.0. The molecule has 5 heterocycles. The van der Waals surface area contributed by atoms with Crippen molar-refractivity contribution in [3.8, 4) is 17.2 Å². The van der Waals surface area contributed by atoms with Crippen LogP contribution in [0.3, 0.4) is 0 Å². The summed E-state index contributed by atoms with van der Waals surface area (Å²) in [5.74, 6) is -0.161. The molecule has 0 saturated heterocycles. The maximum Gasteiger partial charge on any atom is 0.277 e. The maximum absolute atomic E-state index is 14.3. The Morgan fingerprint density at radius 1 is 0.711 bits per heavy atom. The lowest BCUT2D eigenvalue weighted by Crippen LogP contribution is -2.41. The van der Waals surface area contributed by atoms with Crippen LogP contribution in [0.25, 0.3) is 0 Å². The molecule has 83 heavy (non-hydrogen) atoms. The lowest BCUT2D eigenvalue weighted by molar-refractivity contribution is -0.137. The van der Waals surface area contributed by atoms with E-state index in [1.54, 1.807) is 13.2 Å². The predicted octanol–water partition coefficient (Wildman–Crippen LogP) is 9.09. The van der Waals surface area contributed by atoms with Crippen LogP contribution in [0.15, 0.2) is 103 Å². The Bertz CT molecular complexity index is 3540. The molecule has 436 valence electrons. The molecule has 0 aliphatic carbocycles. The number of hydrogen-bond acceptors (Lipinski definition) is 16. The van der Waals surface area contributed by atoms with Crippen LogP contribution in [-0.2, 0) is 59.5 Å². The van der Waals surface area contributed by atoms with Gasteiger partial charge in [0, 0.05) is 98.4 Å². The van der Waals surface area contributed by atoms with Crippen molar-refractivity contribution < 1.29 is 55.6 Å². The van der Waals surface area contributed by atoms with Gasteiger partial charge < -0.3 is 39.1 Å². The molecule has 0 spiro atoms. The fourth-order valence-corrected chi connectivity index (χ4v) is 15.5. The molecular weight excluding hydrogens is 1120 g/mol. The van der Waals surface area contributed by atoms with Gasteiger partial charge in [-0.1, -0.05) is 58.0 Å². The zero-order valence-electron chi connectivity index (χ0n) is 47.6. The molecule has 5 aliphatic heterocycles. The molecule has 0 saturated carbocycles. The van der Waals surface area contributed by atoms with Crippen molar-refractivity contribution in [3.05, 3.63) is 142 Å². The van der Waals surface area contributed by atoms with Crippen molar-refractivity contribution in [2.75, 3.05) is 78.6 Å². The number of fused-ring (bicyclic) bond motifs is 8.